The van der Waals surface area contributed by atoms with Gasteiger partial charge in [-0.05, 0) is 25.0 Å². The third-order valence-corrected chi connectivity index (χ3v) is 4.87. The van der Waals surface area contributed by atoms with E-state index in [0.29, 0.717) is 31.4 Å². The molecule has 0 saturated carbocycles. The second-order valence-corrected chi connectivity index (χ2v) is 6.65. The number of aliphatic carboxylic acids is 1. The summed E-state index contributed by atoms with van der Waals surface area (Å²) < 4.78 is 1.80. The first-order valence-electron chi connectivity index (χ1n) is 8.75. The molecule has 2 amide bonds. The van der Waals surface area contributed by atoms with E-state index in [1.807, 2.05) is 24.3 Å². The maximum absolute atomic E-state index is 13.0. The molecule has 1 aromatic heterocycles. The number of likely N-dealkylation sites (tertiary alicyclic amines) is 1. The van der Waals surface area contributed by atoms with Gasteiger partial charge in [-0.3, -0.25) is 14.4 Å². The van der Waals surface area contributed by atoms with Crippen molar-refractivity contribution in [3.8, 4) is 0 Å². The number of benzene rings is 1. The Morgan fingerprint density at radius 2 is 2.07 bits per heavy atom. The molecule has 0 radical (unpaired) electrons. The molecule has 1 aromatic carbocycles. The van der Waals surface area contributed by atoms with Gasteiger partial charge in [-0.2, -0.15) is 0 Å². The van der Waals surface area contributed by atoms with Crippen LogP contribution in [0.2, 0.25) is 0 Å². The molecule has 2 atom stereocenters. The van der Waals surface area contributed by atoms with Gasteiger partial charge in [-0.1, -0.05) is 18.2 Å². The average molecular weight is 371 g/mol. The fraction of sp³-hybridized carbons (Fsp3) is 0.368. The maximum atomic E-state index is 13.0. The highest BCUT2D eigenvalue weighted by molar-refractivity contribution is 6.01. The van der Waals surface area contributed by atoms with Crippen LogP contribution < -0.4 is 5.32 Å². The third kappa shape index (κ3) is 3.69. The first-order valence-corrected chi connectivity index (χ1v) is 8.75. The Morgan fingerprint density at radius 1 is 1.33 bits per heavy atom. The molecule has 0 spiro atoms. The summed E-state index contributed by atoms with van der Waals surface area (Å²) >= 11 is 0. The minimum atomic E-state index is -1.18. The van der Waals surface area contributed by atoms with E-state index in [9.17, 15) is 19.2 Å². The SMILES string of the molecule is Cn1c(C(=O)N2CCC[C@H]2C(=O)N[C@H](C=O)CC(=O)O)cc2ccccc21. The minimum Gasteiger partial charge on any atom is -0.481 e. The lowest BCUT2D eigenvalue weighted by molar-refractivity contribution is -0.139. The summed E-state index contributed by atoms with van der Waals surface area (Å²) in [5.74, 6) is -1.94. The highest BCUT2D eigenvalue weighted by atomic mass is 16.4. The second kappa shape index (κ2) is 7.61. The van der Waals surface area contributed by atoms with Crippen molar-refractivity contribution >= 4 is 35.0 Å². The number of aryl methyl sites for hydroxylation is 1. The Hall–Kier alpha value is -3.16. The number of rotatable bonds is 6. The molecule has 27 heavy (non-hydrogen) atoms. The summed E-state index contributed by atoms with van der Waals surface area (Å²) in [7, 11) is 1.80. The molecule has 8 heteroatoms. The van der Waals surface area contributed by atoms with Gasteiger partial charge in [0.1, 0.15) is 18.0 Å². The largest absolute Gasteiger partial charge is 0.481 e. The fourth-order valence-electron chi connectivity index (χ4n) is 3.52. The molecule has 0 bridgehead atoms. The molecule has 0 unspecified atom stereocenters. The number of hydrogen-bond donors (Lipinski definition) is 2. The van der Waals surface area contributed by atoms with Crippen molar-refractivity contribution in [3.63, 3.8) is 0 Å². The lowest BCUT2D eigenvalue weighted by Gasteiger charge is -2.25. The van der Waals surface area contributed by atoms with Crippen molar-refractivity contribution in [1.29, 1.82) is 0 Å². The van der Waals surface area contributed by atoms with Crippen LogP contribution in [0.5, 0.6) is 0 Å². The number of carbonyl (C=O) groups is 4. The van der Waals surface area contributed by atoms with Gasteiger partial charge in [-0.15, -0.1) is 0 Å². The molecule has 0 aliphatic carbocycles. The zero-order valence-electron chi connectivity index (χ0n) is 14.9. The van der Waals surface area contributed by atoms with Crippen molar-refractivity contribution in [2.75, 3.05) is 6.54 Å². The number of carboxylic acids is 1. The van der Waals surface area contributed by atoms with Crippen molar-refractivity contribution < 1.29 is 24.3 Å². The normalized spacial score (nSPS) is 17.7. The first-order chi connectivity index (χ1) is 12.9. The minimum absolute atomic E-state index is 0.257. The molecule has 1 aliphatic heterocycles. The smallest absolute Gasteiger partial charge is 0.305 e. The molecule has 1 fully saturated rings. The summed E-state index contributed by atoms with van der Waals surface area (Å²) in [5.41, 5.74) is 1.40. The van der Waals surface area contributed by atoms with Gasteiger partial charge in [0.25, 0.3) is 5.91 Å². The summed E-state index contributed by atoms with van der Waals surface area (Å²) in [4.78, 5) is 48.9. The number of fused-ring (bicyclic) bond motifs is 1. The van der Waals surface area contributed by atoms with Crippen molar-refractivity contribution in [3.05, 3.63) is 36.0 Å². The number of carbonyl (C=O) groups excluding carboxylic acids is 3. The number of nitrogens with one attached hydrogen (secondary N) is 1. The first kappa shape index (κ1) is 18.6. The molecule has 2 aromatic rings. The van der Waals surface area contributed by atoms with Gasteiger partial charge >= 0.3 is 5.97 Å². The van der Waals surface area contributed by atoms with E-state index >= 15 is 0 Å². The Labute approximate surface area is 155 Å². The lowest BCUT2D eigenvalue weighted by Crippen LogP contribution is -2.49. The third-order valence-electron chi connectivity index (χ3n) is 4.87. The van der Waals surface area contributed by atoms with Crippen LogP contribution in [0.25, 0.3) is 10.9 Å². The molecule has 3 rings (SSSR count). The Kier molecular flexibility index (Phi) is 5.25. The van der Waals surface area contributed by atoms with Crippen LogP contribution in [0.15, 0.2) is 30.3 Å². The highest BCUT2D eigenvalue weighted by Gasteiger charge is 2.36. The topological polar surface area (TPSA) is 109 Å². The van der Waals surface area contributed by atoms with Gasteiger partial charge in [-0.25, -0.2) is 0 Å². The van der Waals surface area contributed by atoms with E-state index < -0.39 is 30.4 Å². The summed E-state index contributed by atoms with van der Waals surface area (Å²) in [6.07, 6.45) is 1.05. The number of aldehydes is 1. The maximum Gasteiger partial charge on any atom is 0.305 e. The van der Waals surface area contributed by atoms with Gasteiger partial charge in [0, 0.05) is 24.5 Å². The summed E-state index contributed by atoms with van der Waals surface area (Å²) in [5, 5.41) is 12.2. The number of aromatic nitrogens is 1. The van der Waals surface area contributed by atoms with Gasteiger partial charge in [0.15, 0.2) is 0 Å². The van der Waals surface area contributed by atoms with Crippen LogP contribution in [0.3, 0.4) is 0 Å². The molecule has 2 heterocycles. The Morgan fingerprint density at radius 3 is 2.74 bits per heavy atom. The van der Waals surface area contributed by atoms with Gasteiger partial charge < -0.3 is 24.7 Å². The molecule has 142 valence electrons. The van der Waals surface area contributed by atoms with E-state index in [2.05, 4.69) is 5.32 Å². The Balaban J connectivity index is 1.79. The van der Waals surface area contributed by atoms with Crippen LogP contribution in [-0.4, -0.2) is 57.3 Å². The van der Waals surface area contributed by atoms with E-state index in [4.69, 9.17) is 5.11 Å². The van der Waals surface area contributed by atoms with E-state index in [1.54, 1.807) is 17.7 Å². The van der Waals surface area contributed by atoms with Crippen molar-refractivity contribution in [1.82, 2.24) is 14.8 Å². The molecule has 2 N–H and O–H groups in total. The standard InChI is InChI=1S/C19H21N3O5/c1-21-14-6-3-2-5-12(14)9-16(21)19(27)22-8-4-7-15(22)18(26)20-13(11-23)10-17(24)25/h2-3,5-6,9,11,13,15H,4,7-8,10H2,1H3,(H,20,26)(H,24,25)/t13-,15-/m0/s1. The average Bonchev–Trinajstić information content (AvgIpc) is 3.26. The zero-order valence-corrected chi connectivity index (χ0v) is 14.9. The quantitative estimate of drug-likeness (QED) is 0.735. The van der Waals surface area contributed by atoms with Crippen LogP contribution in [0.4, 0.5) is 0 Å². The monoisotopic (exact) mass is 371 g/mol. The molecular weight excluding hydrogens is 350 g/mol. The molecule has 1 aliphatic rings. The predicted octanol–water partition coefficient (Wildman–Crippen LogP) is 0.941. The van der Waals surface area contributed by atoms with Gasteiger partial charge in [0.05, 0.1) is 12.5 Å². The van der Waals surface area contributed by atoms with Crippen LogP contribution in [0.1, 0.15) is 29.8 Å². The van der Waals surface area contributed by atoms with Crippen LogP contribution in [0, 0.1) is 0 Å². The number of para-hydroxylation sites is 1. The van der Waals surface area contributed by atoms with Crippen molar-refractivity contribution in [2.24, 2.45) is 7.05 Å². The zero-order chi connectivity index (χ0) is 19.6. The molecule has 1 saturated heterocycles. The number of hydrogen-bond acceptors (Lipinski definition) is 4. The number of nitrogens with zero attached hydrogens (tertiary/aromatic N) is 2. The lowest BCUT2D eigenvalue weighted by atomic mass is 10.1. The fourth-order valence-corrected chi connectivity index (χ4v) is 3.52. The Bertz CT molecular complexity index is 904. The van der Waals surface area contributed by atoms with Gasteiger partial charge in [0.2, 0.25) is 5.91 Å². The predicted molar refractivity (Wildman–Crippen MR) is 97.2 cm³/mol. The number of amides is 2. The molecular formula is C19H21N3O5. The van der Waals surface area contributed by atoms with E-state index in [-0.39, 0.29) is 5.91 Å². The van der Waals surface area contributed by atoms with Crippen molar-refractivity contribution in [2.45, 2.75) is 31.3 Å². The van der Waals surface area contributed by atoms with Crippen LogP contribution in [-0.2, 0) is 21.4 Å². The molecule has 8 nitrogen and oxygen atoms in total. The number of carboxylic acid groups (broad SMARTS) is 1. The highest BCUT2D eigenvalue weighted by Crippen LogP contribution is 2.24. The summed E-state index contributed by atoms with van der Waals surface area (Å²) in [6.45, 7) is 0.434. The second-order valence-electron chi connectivity index (χ2n) is 6.65. The van der Waals surface area contributed by atoms with Crippen LogP contribution >= 0.6 is 0 Å². The van der Waals surface area contributed by atoms with E-state index in [0.717, 1.165) is 10.9 Å². The van der Waals surface area contributed by atoms with E-state index in [1.165, 1.54) is 4.90 Å². The summed E-state index contributed by atoms with van der Waals surface area (Å²) in [6, 6.07) is 7.60.